The lowest BCUT2D eigenvalue weighted by Gasteiger charge is -2.34. The fourth-order valence-electron chi connectivity index (χ4n) is 4.29. The van der Waals surface area contributed by atoms with E-state index in [1.807, 2.05) is 49.0 Å². The Kier molecular flexibility index (Phi) is 5.94. The molecule has 1 aromatic carbocycles. The molecule has 10 heteroatoms. The van der Waals surface area contributed by atoms with Crippen LogP contribution in [-0.2, 0) is 16.7 Å². The molecule has 174 valence electrons. The highest BCUT2D eigenvalue weighted by molar-refractivity contribution is 7.89. The lowest BCUT2D eigenvalue weighted by molar-refractivity contribution is 0.144. The van der Waals surface area contributed by atoms with E-state index >= 15 is 0 Å². The number of aromatic nitrogens is 4. The summed E-state index contributed by atoms with van der Waals surface area (Å²) in [5.74, 6) is 0.853. The zero-order valence-electron chi connectivity index (χ0n) is 18.9. The van der Waals surface area contributed by atoms with Crippen molar-refractivity contribution in [3.05, 3.63) is 58.6 Å². The number of nitrogens with zero attached hydrogens (tertiary/aromatic N) is 6. The zero-order chi connectivity index (χ0) is 23.2. The van der Waals surface area contributed by atoms with E-state index in [9.17, 15) is 8.42 Å². The largest absolute Gasteiger partial charge is 0.297 e. The van der Waals surface area contributed by atoms with Gasteiger partial charge in [-0.3, -0.25) is 14.5 Å². The van der Waals surface area contributed by atoms with Gasteiger partial charge in [0.1, 0.15) is 0 Å². The standard InChI is InChI=1S/C23H28N6O2S2/c1-17-5-6-18(2)21(14-17)33(30,31)27-12-10-26(11-13-27)16-28-23(32)29(20-7-8-20)22(25-28)19-4-3-9-24-15-19/h3-6,9,14-15,20H,7-8,10-13,16H2,1-2H3. The van der Waals surface area contributed by atoms with Gasteiger partial charge in [-0.15, -0.1) is 0 Å². The van der Waals surface area contributed by atoms with Gasteiger partial charge >= 0.3 is 0 Å². The summed E-state index contributed by atoms with van der Waals surface area (Å²) in [4.78, 5) is 6.85. The number of piperazine rings is 1. The van der Waals surface area contributed by atoms with Gasteiger partial charge in [-0.1, -0.05) is 12.1 Å². The molecule has 3 heterocycles. The van der Waals surface area contributed by atoms with Crippen LogP contribution in [0.3, 0.4) is 0 Å². The third kappa shape index (κ3) is 4.40. The first-order valence-corrected chi connectivity index (χ1v) is 13.1. The lowest BCUT2D eigenvalue weighted by Crippen LogP contribution is -2.49. The van der Waals surface area contributed by atoms with Crippen LogP contribution in [0.15, 0.2) is 47.6 Å². The second-order valence-electron chi connectivity index (χ2n) is 8.88. The molecular formula is C23H28N6O2S2. The fourth-order valence-corrected chi connectivity index (χ4v) is 6.36. The van der Waals surface area contributed by atoms with Crippen LogP contribution in [0.5, 0.6) is 0 Å². The molecule has 0 atom stereocenters. The smallest absolute Gasteiger partial charge is 0.243 e. The van der Waals surface area contributed by atoms with Crippen LogP contribution in [-0.4, -0.2) is 63.1 Å². The van der Waals surface area contributed by atoms with Crippen LogP contribution >= 0.6 is 12.2 Å². The number of pyridine rings is 1. The van der Waals surface area contributed by atoms with Crippen molar-refractivity contribution in [2.75, 3.05) is 26.2 Å². The predicted octanol–water partition coefficient (Wildman–Crippen LogP) is 3.39. The first-order chi connectivity index (χ1) is 15.8. The molecule has 0 bridgehead atoms. The molecule has 2 aromatic heterocycles. The third-order valence-electron chi connectivity index (χ3n) is 6.33. The van der Waals surface area contributed by atoms with Crippen molar-refractivity contribution in [1.82, 2.24) is 28.5 Å². The quantitative estimate of drug-likeness (QED) is 0.499. The van der Waals surface area contributed by atoms with Gasteiger partial charge < -0.3 is 0 Å². The number of sulfonamides is 1. The normalized spacial score (nSPS) is 18.0. The number of benzene rings is 1. The maximum absolute atomic E-state index is 13.2. The minimum atomic E-state index is -3.51. The highest BCUT2D eigenvalue weighted by Gasteiger charge is 2.32. The molecule has 8 nitrogen and oxygen atoms in total. The van der Waals surface area contributed by atoms with Crippen LogP contribution in [0.2, 0.25) is 0 Å². The Labute approximate surface area is 199 Å². The summed E-state index contributed by atoms with van der Waals surface area (Å²) in [5.41, 5.74) is 2.68. The van der Waals surface area contributed by atoms with E-state index in [1.165, 1.54) is 0 Å². The monoisotopic (exact) mass is 484 g/mol. The lowest BCUT2D eigenvalue weighted by atomic mass is 10.2. The molecule has 2 fully saturated rings. The SMILES string of the molecule is Cc1ccc(C)c(S(=O)(=O)N2CCN(Cn3nc(-c4cccnc4)n(C4CC4)c3=S)CC2)c1. The number of hydrogen-bond donors (Lipinski definition) is 0. The molecule has 33 heavy (non-hydrogen) atoms. The first-order valence-electron chi connectivity index (χ1n) is 11.2. The summed E-state index contributed by atoms with van der Waals surface area (Å²) in [7, 11) is -3.51. The molecule has 2 aliphatic rings. The first kappa shape index (κ1) is 22.4. The van der Waals surface area contributed by atoms with Gasteiger partial charge in [0.05, 0.1) is 11.6 Å². The van der Waals surface area contributed by atoms with Crippen molar-refractivity contribution in [3.8, 4) is 11.4 Å². The number of hydrogen-bond acceptors (Lipinski definition) is 6. The molecular weight excluding hydrogens is 456 g/mol. The molecule has 1 saturated heterocycles. The van der Waals surface area contributed by atoms with Crippen LogP contribution in [0.25, 0.3) is 11.4 Å². The van der Waals surface area contributed by atoms with E-state index in [1.54, 1.807) is 16.6 Å². The molecule has 1 aliphatic heterocycles. The maximum atomic E-state index is 13.2. The fraction of sp³-hybridized carbons (Fsp3) is 0.435. The Balaban J connectivity index is 1.32. The van der Waals surface area contributed by atoms with Crippen LogP contribution in [0.4, 0.5) is 0 Å². The van der Waals surface area contributed by atoms with E-state index in [0.717, 1.165) is 35.4 Å². The van der Waals surface area contributed by atoms with Gasteiger partial charge in [0.15, 0.2) is 10.6 Å². The summed E-state index contributed by atoms with van der Waals surface area (Å²) in [6.45, 7) is 6.46. The number of rotatable bonds is 6. The van der Waals surface area contributed by atoms with Gasteiger partial charge in [-0.05, 0) is 68.2 Å². The molecule has 1 aliphatic carbocycles. The van der Waals surface area contributed by atoms with Crippen molar-refractivity contribution in [2.45, 2.75) is 44.3 Å². The second-order valence-corrected chi connectivity index (χ2v) is 11.2. The van der Waals surface area contributed by atoms with Crippen LogP contribution in [0.1, 0.15) is 30.0 Å². The second kappa shape index (κ2) is 8.75. The highest BCUT2D eigenvalue weighted by Crippen LogP contribution is 2.38. The van der Waals surface area contributed by atoms with Crippen molar-refractivity contribution < 1.29 is 8.42 Å². The summed E-state index contributed by atoms with van der Waals surface area (Å²) >= 11 is 5.78. The molecule has 0 unspecified atom stereocenters. The maximum Gasteiger partial charge on any atom is 0.243 e. The van der Waals surface area contributed by atoms with Gasteiger partial charge in [0, 0.05) is 50.2 Å². The van der Waals surface area contributed by atoms with Crippen LogP contribution in [0, 0.1) is 18.6 Å². The van der Waals surface area contributed by atoms with E-state index in [2.05, 4.69) is 14.5 Å². The van der Waals surface area contributed by atoms with Crippen LogP contribution < -0.4 is 0 Å². The minimum absolute atomic E-state index is 0.404. The average Bonchev–Trinajstić information content (AvgIpc) is 3.60. The predicted molar refractivity (Wildman–Crippen MR) is 129 cm³/mol. The summed E-state index contributed by atoms with van der Waals surface area (Å²) in [5, 5.41) is 4.83. The summed E-state index contributed by atoms with van der Waals surface area (Å²) in [6, 6.07) is 9.89. The van der Waals surface area contributed by atoms with E-state index in [-0.39, 0.29) is 0 Å². The molecule has 0 amide bonds. The summed E-state index contributed by atoms with van der Waals surface area (Å²) in [6.07, 6.45) is 5.80. The molecule has 0 spiro atoms. The van der Waals surface area contributed by atoms with Gasteiger partial charge in [0.2, 0.25) is 10.0 Å². The van der Waals surface area contributed by atoms with Gasteiger partial charge in [-0.2, -0.15) is 9.40 Å². The Bertz CT molecular complexity index is 1320. The van der Waals surface area contributed by atoms with Gasteiger partial charge in [0.25, 0.3) is 0 Å². The van der Waals surface area contributed by atoms with Crippen molar-refractivity contribution >= 4 is 22.2 Å². The Morgan fingerprint density at radius 1 is 1.09 bits per heavy atom. The average molecular weight is 485 g/mol. The van der Waals surface area contributed by atoms with Crippen molar-refractivity contribution in [3.63, 3.8) is 0 Å². The highest BCUT2D eigenvalue weighted by atomic mass is 32.2. The molecule has 0 radical (unpaired) electrons. The Hall–Kier alpha value is -2.40. The molecule has 1 saturated carbocycles. The van der Waals surface area contributed by atoms with Crippen molar-refractivity contribution in [1.29, 1.82) is 0 Å². The zero-order valence-corrected chi connectivity index (χ0v) is 20.5. The van der Waals surface area contributed by atoms with Gasteiger partial charge in [-0.25, -0.2) is 13.1 Å². The van der Waals surface area contributed by atoms with E-state index < -0.39 is 10.0 Å². The molecule has 3 aromatic rings. The number of aryl methyl sites for hydroxylation is 2. The topological polar surface area (TPSA) is 76.3 Å². The Morgan fingerprint density at radius 3 is 2.52 bits per heavy atom. The third-order valence-corrected chi connectivity index (χ3v) is 8.78. The van der Waals surface area contributed by atoms with E-state index in [0.29, 0.717) is 48.6 Å². The van der Waals surface area contributed by atoms with Crippen molar-refractivity contribution in [2.24, 2.45) is 0 Å². The molecule has 5 rings (SSSR count). The molecule has 0 N–H and O–H groups in total. The summed E-state index contributed by atoms with van der Waals surface area (Å²) < 4.78 is 32.8. The van der Waals surface area contributed by atoms with E-state index in [4.69, 9.17) is 17.3 Å². The minimum Gasteiger partial charge on any atom is -0.297 e. The Morgan fingerprint density at radius 2 is 1.85 bits per heavy atom.